The van der Waals surface area contributed by atoms with Crippen LogP contribution in [0.15, 0.2) is 23.1 Å². The highest BCUT2D eigenvalue weighted by atomic mass is 32.2. The van der Waals surface area contributed by atoms with Gasteiger partial charge in [0.05, 0.1) is 17.9 Å². The molecule has 2 aromatic rings. The molecule has 29 heavy (non-hydrogen) atoms. The van der Waals surface area contributed by atoms with Gasteiger partial charge in [-0.25, -0.2) is 17.7 Å². The summed E-state index contributed by atoms with van der Waals surface area (Å²) >= 11 is 0. The first-order valence-electron chi connectivity index (χ1n) is 10.1. The average molecular weight is 420 g/mol. The van der Waals surface area contributed by atoms with Crippen LogP contribution in [-0.4, -0.2) is 64.9 Å². The molecule has 0 bridgehead atoms. The molecule has 4 heterocycles. The Balaban J connectivity index is 1.42. The zero-order chi connectivity index (χ0) is 20.2. The van der Waals surface area contributed by atoms with Crippen molar-refractivity contribution in [2.45, 2.75) is 49.8 Å². The van der Waals surface area contributed by atoms with E-state index in [1.54, 1.807) is 22.9 Å². The monoisotopic (exact) mass is 419 g/mol. The lowest BCUT2D eigenvalue weighted by Crippen LogP contribution is -2.42. The third-order valence-electron chi connectivity index (χ3n) is 6.37. The number of hydrogen-bond donors (Lipinski definition) is 1. The Morgan fingerprint density at radius 1 is 1.21 bits per heavy atom. The average Bonchev–Trinajstić information content (AvgIpc) is 3.35. The van der Waals surface area contributed by atoms with Crippen LogP contribution in [0.1, 0.15) is 38.1 Å². The quantitative estimate of drug-likeness (QED) is 0.791. The Morgan fingerprint density at radius 2 is 1.97 bits per heavy atom. The Hall–Kier alpha value is -2.04. The molecule has 5 rings (SSSR count). The van der Waals surface area contributed by atoms with Gasteiger partial charge in [0.2, 0.25) is 16.0 Å². The predicted octanol–water partition coefficient (Wildman–Crippen LogP) is 1.12. The minimum atomic E-state index is -3.15. The van der Waals surface area contributed by atoms with Crippen LogP contribution in [0.3, 0.4) is 0 Å². The van der Waals surface area contributed by atoms with Crippen LogP contribution in [0.2, 0.25) is 0 Å². The highest BCUT2D eigenvalue weighted by Gasteiger charge is 2.55. The van der Waals surface area contributed by atoms with Gasteiger partial charge in [0, 0.05) is 43.4 Å². The number of ether oxygens (including phenoxy) is 1. The van der Waals surface area contributed by atoms with Crippen molar-refractivity contribution in [2.75, 3.05) is 31.3 Å². The molecule has 2 aromatic heterocycles. The summed E-state index contributed by atoms with van der Waals surface area (Å²) in [5, 5.41) is 4.15. The summed E-state index contributed by atoms with van der Waals surface area (Å²) in [6, 6.07) is 3.45. The van der Waals surface area contributed by atoms with Crippen molar-refractivity contribution in [3.8, 4) is 0 Å². The van der Waals surface area contributed by atoms with Gasteiger partial charge in [0.25, 0.3) is 5.56 Å². The highest BCUT2D eigenvalue weighted by Crippen LogP contribution is 2.53. The van der Waals surface area contributed by atoms with Gasteiger partial charge < -0.3 is 10.1 Å². The molecule has 0 radical (unpaired) electrons. The van der Waals surface area contributed by atoms with Crippen LogP contribution in [0.25, 0.3) is 11.0 Å². The van der Waals surface area contributed by atoms with Crippen molar-refractivity contribution >= 4 is 27.0 Å². The molecule has 10 heteroatoms. The van der Waals surface area contributed by atoms with Gasteiger partial charge in [-0.1, -0.05) is 0 Å². The maximum absolute atomic E-state index is 12.7. The number of rotatable bonds is 4. The molecule has 9 nitrogen and oxygen atoms in total. The maximum atomic E-state index is 12.7. The molecule has 1 aliphatic carbocycles. The normalized spacial score (nSPS) is 24.9. The van der Waals surface area contributed by atoms with Crippen LogP contribution in [0.4, 0.5) is 5.95 Å². The Labute approximate surface area is 169 Å². The molecular formula is C19H25N5O4S. The lowest BCUT2D eigenvalue weighted by molar-refractivity contribution is 0.0707. The molecular weight excluding hydrogens is 394 g/mol. The van der Waals surface area contributed by atoms with Crippen LogP contribution in [-0.2, 0) is 14.8 Å². The van der Waals surface area contributed by atoms with E-state index in [0.29, 0.717) is 44.1 Å². The number of pyridine rings is 1. The maximum Gasteiger partial charge on any atom is 0.252 e. The van der Waals surface area contributed by atoms with E-state index in [0.717, 1.165) is 24.6 Å². The van der Waals surface area contributed by atoms with E-state index in [4.69, 9.17) is 4.74 Å². The van der Waals surface area contributed by atoms with Crippen LogP contribution in [0, 0.1) is 0 Å². The van der Waals surface area contributed by atoms with Crippen LogP contribution in [0.5, 0.6) is 0 Å². The summed E-state index contributed by atoms with van der Waals surface area (Å²) in [5.74, 6) is 0.471. The van der Waals surface area contributed by atoms with Crippen molar-refractivity contribution < 1.29 is 13.2 Å². The molecule has 1 spiro atoms. The number of aromatic nitrogens is 3. The van der Waals surface area contributed by atoms with Crippen molar-refractivity contribution in [3.05, 3.63) is 28.7 Å². The minimum Gasteiger partial charge on any atom is -0.373 e. The van der Waals surface area contributed by atoms with Crippen molar-refractivity contribution in [1.29, 1.82) is 0 Å². The SMILES string of the molecule is CS(=O)(=O)N1CCC(Nc2ncc3ccc(=O)n([C@@H]4CCOC45CC5)c3n2)CC1. The molecule has 1 saturated carbocycles. The van der Waals surface area contributed by atoms with Crippen LogP contribution < -0.4 is 10.9 Å². The van der Waals surface area contributed by atoms with E-state index in [1.807, 2.05) is 0 Å². The summed E-state index contributed by atoms with van der Waals surface area (Å²) in [4.78, 5) is 21.8. The topological polar surface area (TPSA) is 106 Å². The van der Waals surface area contributed by atoms with E-state index >= 15 is 0 Å². The van der Waals surface area contributed by atoms with E-state index in [2.05, 4.69) is 15.3 Å². The summed E-state index contributed by atoms with van der Waals surface area (Å²) in [7, 11) is -3.15. The van der Waals surface area contributed by atoms with Gasteiger partial charge in [-0.2, -0.15) is 4.98 Å². The van der Waals surface area contributed by atoms with Crippen LogP contribution >= 0.6 is 0 Å². The Morgan fingerprint density at radius 3 is 2.66 bits per heavy atom. The van der Waals surface area contributed by atoms with Crippen molar-refractivity contribution in [1.82, 2.24) is 18.8 Å². The molecule has 2 aliphatic heterocycles. The minimum absolute atomic E-state index is 0.0134. The number of piperidine rings is 1. The second kappa shape index (κ2) is 6.75. The van der Waals surface area contributed by atoms with Crippen molar-refractivity contribution in [2.24, 2.45) is 0 Å². The first kappa shape index (κ1) is 19.0. The second-order valence-electron chi connectivity index (χ2n) is 8.31. The Kier molecular flexibility index (Phi) is 4.41. The van der Waals surface area contributed by atoms with E-state index in [-0.39, 0.29) is 23.2 Å². The number of fused-ring (bicyclic) bond motifs is 1. The smallest absolute Gasteiger partial charge is 0.252 e. The number of anilines is 1. The van der Waals surface area contributed by atoms with Gasteiger partial charge in [-0.3, -0.25) is 9.36 Å². The molecule has 156 valence electrons. The molecule has 2 saturated heterocycles. The fourth-order valence-corrected chi connectivity index (χ4v) is 5.50. The van der Waals surface area contributed by atoms with E-state index < -0.39 is 10.0 Å². The van der Waals surface area contributed by atoms with Gasteiger partial charge in [-0.15, -0.1) is 0 Å². The molecule has 0 unspecified atom stereocenters. The van der Waals surface area contributed by atoms with Gasteiger partial charge in [0.1, 0.15) is 5.65 Å². The first-order chi connectivity index (χ1) is 13.9. The van der Waals surface area contributed by atoms with Crippen molar-refractivity contribution in [3.63, 3.8) is 0 Å². The fraction of sp³-hybridized carbons (Fsp3) is 0.632. The third kappa shape index (κ3) is 3.43. The highest BCUT2D eigenvalue weighted by molar-refractivity contribution is 7.88. The number of nitrogens with one attached hydrogen (secondary N) is 1. The molecule has 0 amide bonds. The lowest BCUT2D eigenvalue weighted by Gasteiger charge is -2.30. The summed E-state index contributed by atoms with van der Waals surface area (Å²) in [6.45, 7) is 1.63. The Bertz CT molecular complexity index is 1100. The van der Waals surface area contributed by atoms with E-state index in [1.165, 1.54) is 10.6 Å². The zero-order valence-corrected chi connectivity index (χ0v) is 17.2. The second-order valence-corrected chi connectivity index (χ2v) is 10.3. The lowest BCUT2D eigenvalue weighted by atomic mass is 10.1. The number of sulfonamides is 1. The number of nitrogens with zero attached hydrogens (tertiary/aromatic N) is 4. The first-order valence-corrected chi connectivity index (χ1v) is 11.9. The third-order valence-corrected chi connectivity index (χ3v) is 7.67. The largest absolute Gasteiger partial charge is 0.373 e. The predicted molar refractivity (Wildman–Crippen MR) is 108 cm³/mol. The number of hydrogen-bond acceptors (Lipinski definition) is 7. The summed E-state index contributed by atoms with van der Waals surface area (Å²) in [6.07, 6.45) is 7.14. The van der Waals surface area contributed by atoms with E-state index in [9.17, 15) is 13.2 Å². The molecule has 3 fully saturated rings. The molecule has 0 aromatic carbocycles. The molecule has 1 atom stereocenters. The molecule has 1 N–H and O–H groups in total. The van der Waals surface area contributed by atoms with Gasteiger partial charge >= 0.3 is 0 Å². The summed E-state index contributed by atoms with van der Waals surface area (Å²) < 4.78 is 32.6. The molecule has 3 aliphatic rings. The fourth-order valence-electron chi connectivity index (χ4n) is 4.62. The zero-order valence-electron chi connectivity index (χ0n) is 16.4. The standard InChI is InChI=1S/C19H25N5O4S/c1-29(26,27)23-9-4-14(5-10-23)21-18-20-12-13-2-3-16(25)24(17(13)22-18)15-6-11-28-19(15)7-8-19/h2-3,12,14-15H,4-11H2,1H3,(H,20,21,22)/t15-/m1/s1. The van der Waals surface area contributed by atoms with Gasteiger partial charge in [-0.05, 0) is 38.2 Å². The summed E-state index contributed by atoms with van der Waals surface area (Å²) in [5.41, 5.74) is 0.366. The van der Waals surface area contributed by atoms with Gasteiger partial charge in [0.15, 0.2) is 0 Å².